The summed E-state index contributed by atoms with van der Waals surface area (Å²) >= 11 is 1.22. The van der Waals surface area contributed by atoms with Crippen molar-refractivity contribution in [1.82, 2.24) is 20.1 Å². The van der Waals surface area contributed by atoms with Crippen molar-refractivity contribution in [3.8, 4) is 11.4 Å². The van der Waals surface area contributed by atoms with Crippen LogP contribution in [-0.4, -0.2) is 26.4 Å². The number of benzene rings is 3. The molecule has 0 bridgehead atoms. The van der Waals surface area contributed by atoms with E-state index in [1.807, 2.05) is 37.3 Å². The maximum atomic E-state index is 13.9. The molecule has 1 heterocycles. The average molecular weight is 481 g/mol. The highest BCUT2D eigenvalue weighted by molar-refractivity contribution is 7.99. The zero-order valence-corrected chi connectivity index (χ0v) is 19.1. The molecule has 174 valence electrons. The summed E-state index contributed by atoms with van der Waals surface area (Å²) in [6.45, 7) is 1.83. The predicted molar refractivity (Wildman–Crippen MR) is 126 cm³/mol. The van der Waals surface area contributed by atoms with E-state index in [-0.39, 0.29) is 35.9 Å². The van der Waals surface area contributed by atoms with Crippen molar-refractivity contribution in [3.05, 3.63) is 102 Å². The normalized spacial score (nSPS) is 11.7. The van der Waals surface area contributed by atoms with Crippen LogP contribution in [0.2, 0.25) is 0 Å². The van der Waals surface area contributed by atoms with E-state index in [0.29, 0.717) is 11.0 Å². The second-order valence-corrected chi connectivity index (χ2v) is 8.36. The molecule has 9 heteroatoms. The fraction of sp³-hybridized carbons (Fsp3) is 0.160. The van der Waals surface area contributed by atoms with E-state index in [0.717, 1.165) is 11.3 Å². The third-order valence-corrected chi connectivity index (χ3v) is 5.92. The summed E-state index contributed by atoms with van der Waals surface area (Å²) < 4.78 is 34.5. The number of ether oxygens (including phenoxy) is 1. The molecule has 1 N–H and O–H groups in total. The summed E-state index contributed by atoms with van der Waals surface area (Å²) in [6, 6.07) is 21.3. The maximum absolute atomic E-state index is 13.9. The lowest BCUT2D eigenvalue weighted by atomic mass is 10.1. The number of carbonyl (C=O) groups excluding carboxylic acids is 1. The summed E-state index contributed by atoms with van der Waals surface area (Å²) in [5, 5.41) is 11.8. The summed E-state index contributed by atoms with van der Waals surface area (Å²) in [6.07, 6.45) is 0. The Balaban J connectivity index is 1.46. The number of aromatic nitrogens is 3. The van der Waals surface area contributed by atoms with Crippen LogP contribution in [0.3, 0.4) is 0 Å². The van der Waals surface area contributed by atoms with E-state index in [2.05, 4.69) is 15.5 Å². The van der Waals surface area contributed by atoms with Gasteiger partial charge in [0, 0.05) is 5.69 Å². The first-order valence-corrected chi connectivity index (χ1v) is 11.5. The van der Waals surface area contributed by atoms with Crippen molar-refractivity contribution in [2.75, 3.05) is 5.75 Å². The lowest BCUT2D eigenvalue weighted by Crippen LogP contribution is -2.28. The third kappa shape index (κ3) is 5.79. The van der Waals surface area contributed by atoms with Crippen LogP contribution in [0.1, 0.15) is 24.4 Å². The van der Waals surface area contributed by atoms with Crippen LogP contribution in [0.15, 0.2) is 84.0 Å². The van der Waals surface area contributed by atoms with Gasteiger partial charge in [-0.2, -0.15) is 0 Å². The second-order valence-electron chi connectivity index (χ2n) is 7.42. The van der Waals surface area contributed by atoms with Crippen molar-refractivity contribution in [1.29, 1.82) is 0 Å². The lowest BCUT2D eigenvalue weighted by Gasteiger charge is -2.14. The van der Waals surface area contributed by atoms with Crippen LogP contribution in [0.25, 0.3) is 5.69 Å². The molecule has 1 atom stereocenters. The zero-order valence-electron chi connectivity index (χ0n) is 18.3. The minimum absolute atomic E-state index is 0.00279. The highest BCUT2D eigenvalue weighted by Crippen LogP contribution is 2.24. The Morgan fingerprint density at radius 2 is 1.71 bits per heavy atom. The molecule has 1 unspecified atom stereocenters. The van der Waals surface area contributed by atoms with Crippen molar-refractivity contribution in [2.45, 2.75) is 24.7 Å². The van der Waals surface area contributed by atoms with Crippen molar-refractivity contribution in [2.24, 2.45) is 0 Å². The van der Waals surface area contributed by atoms with Gasteiger partial charge >= 0.3 is 0 Å². The lowest BCUT2D eigenvalue weighted by molar-refractivity contribution is -0.119. The van der Waals surface area contributed by atoms with Gasteiger partial charge in [-0.25, -0.2) is 8.78 Å². The molecule has 0 aliphatic heterocycles. The van der Waals surface area contributed by atoms with Crippen molar-refractivity contribution in [3.63, 3.8) is 0 Å². The van der Waals surface area contributed by atoms with Gasteiger partial charge in [0.2, 0.25) is 5.91 Å². The molecule has 0 spiro atoms. The number of amides is 1. The van der Waals surface area contributed by atoms with Gasteiger partial charge in [0.05, 0.1) is 11.8 Å². The molecule has 4 rings (SSSR count). The van der Waals surface area contributed by atoms with Crippen LogP contribution < -0.4 is 10.1 Å². The molecule has 0 aliphatic rings. The number of para-hydroxylation sites is 2. The number of hydrogen-bond donors (Lipinski definition) is 1. The van der Waals surface area contributed by atoms with Crippen molar-refractivity contribution >= 4 is 17.7 Å². The maximum Gasteiger partial charge on any atom is 0.230 e. The van der Waals surface area contributed by atoms with E-state index < -0.39 is 5.82 Å². The summed E-state index contributed by atoms with van der Waals surface area (Å²) in [5.74, 6) is -0.299. The second kappa shape index (κ2) is 10.9. The molecule has 0 radical (unpaired) electrons. The predicted octanol–water partition coefficient (Wildman–Crippen LogP) is 5.09. The topological polar surface area (TPSA) is 69.0 Å². The molecule has 0 saturated carbocycles. The Bertz CT molecular complexity index is 1250. The monoisotopic (exact) mass is 480 g/mol. The van der Waals surface area contributed by atoms with Crippen LogP contribution >= 0.6 is 11.8 Å². The highest BCUT2D eigenvalue weighted by atomic mass is 32.2. The number of carbonyl (C=O) groups is 1. The Hall–Kier alpha value is -3.72. The van der Waals surface area contributed by atoms with Gasteiger partial charge in [0.1, 0.15) is 12.4 Å². The van der Waals surface area contributed by atoms with E-state index in [1.54, 1.807) is 34.9 Å². The number of thioether (sulfide) groups is 1. The van der Waals surface area contributed by atoms with Gasteiger partial charge in [-0.1, -0.05) is 54.2 Å². The van der Waals surface area contributed by atoms with Gasteiger partial charge < -0.3 is 10.1 Å². The Labute approximate surface area is 200 Å². The number of nitrogens with one attached hydrogen (secondary N) is 1. The summed E-state index contributed by atoms with van der Waals surface area (Å²) in [5.41, 5.74) is 1.60. The summed E-state index contributed by atoms with van der Waals surface area (Å²) in [7, 11) is 0. The number of nitrogens with zero attached hydrogens (tertiary/aromatic N) is 3. The number of rotatable bonds is 9. The molecule has 0 aliphatic carbocycles. The van der Waals surface area contributed by atoms with Crippen molar-refractivity contribution < 1.29 is 18.3 Å². The Kier molecular flexibility index (Phi) is 7.54. The molecule has 3 aromatic carbocycles. The first kappa shape index (κ1) is 23.4. The van der Waals surface area contributed by atoms with E-state index in [4.69, 9.17) is 4.74 Å². The third-order valence-electron chi connectivity index (χ3n) is 4.99. The molecular formula is C25H22F2N4O2S. The number of hydrogen-bond acceptors (Lipinski definition) is 5. The minimum atomic E-state index is -0.463. The fourth-order valence-electron chi connectivity index (χ4n) is 3.28. The van der Waals surface area contributed by atoms with Gasteiger partial charge in [-0.05, 0) is 48.9 Å². The molecule has 6 nitrogen and oxygen atoms in total. The van der Waals surface area contributed by atoms with E-state index in [1.165, 1.54) is 30.0 Å². The van der Waals surface area contributed by atoms with Gasteiger partial charge in [-0.3, -0.25) is 9.36 Å². The van der Waals surface area contributed by atoms with Gasteiger partial charge in [0.25, 0.3) is 0 Å². The molecule has 1 amide bonds. The summed E-state index contributed by atoms with van der Waals surface area (Å²) in [4.78, 5) is 12.5. The van der Waals surface area contributed by atoms with Crippen LogP contribution in [0.4, 0.5) is 8.78 Å². The van der Waals surface area contributed by atoms with Crippen LogP contribution in [0.5, 0.6) is 5.75 Å². The fourth-order valence-corrected chi connectivity index (χ4v) is 4.06. The largest absolute Gasteiger partial charge is 0.483 e. The molecule has 1 aromatic heterocycles. The van der Waals surface area contributed by atoms with E-state index in [9.17, 15) is 13.6 Å². The average Bonchev–Trinajstić information content (AvgIpc) is 3.26. The van der Waals surface area contributed by atoms with Crippen LogP contribution in [0, 0.1) is 11.6 Å². The molecule has 0 saturated heterocycles. The number of halogens is 2. The first-order chi connectivity index (χ1) is 16.5. The Morgan fingerprint density at radius 3 is 2.44 bits per heavy atom. The van der Waals surface area contributed by atoms with Crippen LogP contribution in [-0.2, 0) is 11.4 Å². The van der Waals surface area contributed by atoms with E-state index >= 15 is 0 Å². The molecule has 4 aromatic rings. The molecule has 34 heavy (non-hydrogen) atoms. The quantitative estimate of drug-likeness (QED) is 0.338. The molecule has 0 fully saturated rings. The van der Waals surface area contributed by atoms with Gasteiger partial charge in [-0.15, -0.1) is 10.2 Å². The SMILES string of the molecule is CC(NC(=O)CSc1nnc(COc2ccccc2F)n1-c1ccccc1)c1ccc(F)cc1. The Morgan fingerprint density at radius 1 is 1.00 bits per heavy atom. The zero-order chi connectivity index (χ0) is 23.9. The molecular weight excluding hydrogens is 458 g/mol. The smallest absolute Gasteiger partial charge is 0.230 e. The standard InChI is InChI=1S/C25H22F2N4O2S/c1-17(18-11-13-19(26)14-12-18)28-24(32)16-34-25-30-29-23(31(25)20-7-3-2-4-8-20)15-33-22-10-6-5-9-21(22)27/h2-14,17H,15-16H2,1H3,(H,28,32). The first-order valence-electron chi connectivity index (χ1n) is 10.6. The highest BCUT2D eigenvalue weighted by Gasteiger charge is 2.18. The minimum Gasteiger partial charge on any atom is -0.483 e. The van der Waals surface area contributed by atoms with Gasteiger partial charge in [0.15, 0.2) is 22.5 Å².